The maximum atomic E-state index is 4.07. The zero-order valence-electron chi connectivity index (χ0n) is 11.1. The van der Waals surface area contributed by atoms with Gasteiger partial charge >= 0.3 is 0 Å². The zero-order valence-corrected chi connectivity index (χ0v) is 11.1. The van der Waals surface area contributed by atoms with E-state index in [2.05, 4.69) is 48.4 Å². The standard InChI is InChI=1S/C15H21N3/c1-3-4-6-13(2)17-14-7-5-8-15(11-14)18-10-9-16-12-18/h5,7-13,17H,3-4,6H2,1-2H3. The molecule has 0 aliphatic carbocycles. The van der Waals surface area contributed by atoms with Crippen LogP contribution >= 0.6 is 0 Å². The minimum atomic E-state index is 0.517. The van der Waals surface area contributed by atoms with Gasteiger partial charge in [0.2, 0.25) is 0 Å². The Kier molecular flexibility index (Phi) is 4.40. The Morgan fingerprint density at radius 3 is 3.00 bits per heavy atom. The highest BCUT2D eigenvalue weighted by Crippen LogP contribution is 2.16. The number of benzene rings is 1. The molecule has 2 aromatic rings. The van der Waals surface area contributed by atoms with E-state index in [4.69, 9.17) is 0 Å². The molecule has 1 unspecified atom stereocenters. The number of nitrogens with zero attached hydrogens (tertiary/aromatic N) is 2. The molecule has 3 heteroatoms. The van der Waals surface area contributed by atoms with Gasteiger partial charge in [-0.2, -0.15) is 0 Å². The van der Waals surface area contributed by atoms with Gasteiger partial charge in [0.05, 0.1) is 6.33 Å². The summed E-state index contributed by atoms with van der Waals surface area (Å²) in [6, 6.07) is 8.95. The molecule has 0 spiro atoms. The highest BCUT2D eigenvalue weighted by Gasteiger charge is 2.02. The third-order valence-corrected chi connectivity index (χ3v) is 3.05. The smallest absolute Gasteiger partial charge is 0.0991 e. The molecule has 1 aromatic carbocycles. The highest BCUT2D eigenvalue weighted by atomic mass is 15.0. The van der Waals surface area contributed by atoms with Gasteiger partial charge < -0.3 is 9.88 Å². The number of rotatable bonds is 6. The van der Waals surface area contributed by atoms with E-state index in [0.29, 0.717) is 6.04 Å². The van der Waals surface area contributed by atoms with Crippen molar-refractivity contribution in [2.24, 2.45) is 0 Å². The van der Waals surface area contributed by atoms with Crippen molar-refractivity contribution in [3.63, 3.8) is 0 Å². The van der Waals surface area contributed by atoms with Crippen molar-refractivity contribution in [1.82, 2.24) is 9.55 Å². The summed E-state index contributed by atoms with van der Waals surface area (Å²) in [6.07, 6.45) is 9.31. The van der Waals surface area contributed by atoms with Crippen LogP contribution in [0.15, 0.2) is 43.0 Å². The summed E-state index contributed by atoms with van der Waals surface area (Å²) >= 11 is 0. The molecule has 0 saturated carbocycles. The van der Waals surface area contributed by atoms with Gasteiger partial charge in [0.25, 0.3) is 0 Å². The Bertz CT molecular complexity index is 462. The fraction of sp³-hybridized carbons (Fsp3) is 0.400. The molecular formula is C15H21N3. The maximum absolute atomic E-state index is 4.07. The van der Waals surface area contributed by atoms with Crippen LogP contribution in [0.1, 0.15) is 33.1 Å². The first kappa shape index (κ1) is 12.7. The minimum Gasteiger partial charge on any atom is -0.383 e. The maximum Gasteiger partial charge on any atom is 0.0991 e. The van der Waals surface area contributed by atoms with Gasteiger partial charge in [0, 0.05) is 29.8 Å². The van der Waals surface area contributed by atoms with E-state index >= 15 is 0 Å². The summed E-state index contributed by atoms with van der Waals surface area (Å²) in [5.41, 5.74) is 2.31. The summed E-state index contributed by atoms with van der Waals surface area (Å²) in [5.74, 6) is 0. The van der Waals surface area contributed by atoms with Gasteiger partial charge in [-0.3, -0.25) is 0 Å². The van der Waals surface area contributed by atoms with Gasteiger partial charge in [-0.25, -0.2) is 4.98 Å². The van der Waals surface area contributed by atoms with Gasteiger partial charge in [-0.1, -0.05) is 25.8 Å². The molecule has 1 N–H and O–H groups in total. The molecule has 0 amide bonds. The van der Waals surface area contributed by atoms with Crippen LogP contribution in [0.3, 0.4) is 0 Å². The lowest BCUT2D eigenvalue weighted by Gasteiger charge is -2.15. The lowest BCUT2D eigenvalue weighted by atomic mass is 10.1. The van der Waals surface area contributed by atoms with Crippen LogP contribution in [0.5, 0.6) is 0 Å². The summed E-state index contributed by atoms with van der Waals surface area (Å²) in [5, 5.41) is 3.55. The van der Waals surface area contributed by atoms with Gasteiger partial charge in [0.15, 0.2) is 0 Å². The predicted molar refractivity (Wildman–Crippen MR) is 76.2 cm³/mol. The predicted octanol–water partition coefficient (Wildman–Crippen LogP) is 3.86. The van der Waals surface area contributed by atoms with Crippen LogP contribution in [0.25, 0.3) is 5.69 Å². The van der Waals surface area contributed by atoms with Crippen molar-refractivity contribution in [2.75, 3.05) is 5.32 Å². The molecule has 0 aliphatic heterocycles. The fourth-order valence-electron chi connectivity index (χ4n) is 2.04. The first-order chi connectivity index (χ1) is 8.79. The first-order valence-corrected chi connectivity index (χ1v) is 6.64. The number of imidazole rings is 1. The number of nitrogens with one attached hydrogen (secondary N) is 1. The molecule has 18 heavy (non-hydrogen) atoms. The normalized spacial score (nSPS) is 12.3. The summed E-state index contributed by atoms with van der Waals surface area (Å²) < 4.78 is 2.02. The molecule has 96 valence electrons. The number of hydrogen-bond donors (Lipinski definition) is 1. The van der Waals surface area contributed by atoms with E-state index < -0.39 is 0 Å². The quantitative estimate of drug-likeness (QED) is 0.834. The zero-order chi connectivity index (χ0) is 12.8. The molecule has 3 nitrogen and oxygen atoms in total. The number of unbranched alkanes of at least 4 members (excludes halogenated alkanes) is 1. The van der Waals surface area contributed by atoms with Crippen molar-refractivity contribution in [1.29, 1.82) is 0 Å². The number of aromatic nitrogens is 2. The molecule has 1 heterocycles. The highest BCUT2D eigenvalue weighted by molar-refractivity contribution is 5.51. The summed E-state index contributed by atoms with van der Waals surface area (Å²) in [4.78, 5) is 4.07. The first-order valence-electron chi connectivity index (χ1n) is 6.64. The molecule has 2 rings (SSSR count). The molecule has 0 saturated heterocycles. The summed E-state index contributed by atoms with van der Waals surface area (Å²) in [6.45, 7) is 4.46. The third-order valence-electron chi connectivity index (χ3n) is 3.05. The SMILES string of the molecule is CCCCC(C)Nc1cccc(-n2ccnc2)c1. The Labute approximate surface area is 109 Å². The van der Waals surface area contributed by atoms with E-state index in [-0.39, 0.29) is 0 Å². The van der Waals surface area contributed by atoms with E-state index in [1.54, 1.807) is 6.20 Å². The minimum absolute atomic E-state index is 0.517. The lowest BCUT2D eigenvalue weighted by molar-refractivity contribution is 0.645. The molecule has 0 aliphatic rings. The van der Waals surface area contributed by atoms with Crippen molar-refractivity contribution < 1.29 is 0 Å². The van der Waals surface area contributed by atoms with E-state index in [1.807, 2.05) is 17.1 Å². The van der Waals surface area contributed by atoms with Crippen LogP contribution in [0.4, 0.5) is 5.69 Å². The average Bonchev–Trinajstić information content (AvgIpc) is 2.90. The lowest BCUT2D eigenvalue weighted by Crippen LogP contribution is -2.14. The van der Waals surface area contributed by atoms with E-state index in [1.165, 1.54) is 24.9 Å². The van der Waals surface area contributed by atoms with Gasteiger partial charge in [-0.15, -0.1) is 0 Å². The Morgan fingerprint density at radius 1 is 1.39 bits per heavy atom. The second kappa shape index (κ2) is 6.24. The monoisotopic (exact) mass is 243 g/mol. The van der Waals surface area contributed by atoms with Crippen LogP contribution in [0.2, 0.25) is 0 Å². The van der Waals surface area contributed by atoms with Gasteiger partial charge in [0.1, 0.15) is 0 Å². The van der Waals surface area contributed by atoms with Crippen LogP contribution in [0, 0.1) is 0 Å². The van der Waals surface area contributed by atoms with E-state index in [9.17, 15) is 0 Å². The Hall–Kier alpha value is -1.77. The second-order valence-corrected chi connectivity index (χ2v) is 4.71. The molecular weight excluding hydrogens is 222 g/mol. The largest absolute Gasteiger partial charge is 0.383 e. The Balaban J connectivity index is 2.03. The van der Waals surface area contributed by atoms with Crippen LogP contribution in [-0.4, -0.2) is 15.6 Å². The van der Waals surface area contributed by atoms with Crippen molar-refractivity contribution in [3.8, 4) is 5.69 Å². The second-order valence-electron chi connectivity index (χ2n) is 4.71. The van der Waals surface area contributed by atoms with Crippen LogP contribution < -0.4 is 5.32 Å². The molecule has 0 radical (unpaired) electrons. The Morgan fingerprint density at radius 2 is 2.28 bits per heavy atom. The molecule has 0 bridgehead atoms. The molecule has 1 aromatic heterocycles. The summed E-state index contributed by atoms with van der Waals surface area (Å²) in [7, 11) is 0. The molecule has 1 atom stereocenters. The van der Waals surface area contributed by atoms with Gasteiger partial charge in [-0.05, 0) is 31.5 Å². The average molecular weight is 243 g/mol. The fourth-order valence-corrected chi connectivity index (χ4v) is 2.04. The number of hydrogen-bond acceptors (Lipinski definition) is 2. The van der Waals surface area contributed by atoms with E-state index in [0.717, 1.165) is 5.69 Å². The number of anilines is 1. The van der Waals surface area contributed by atoms with Crippen LogP contribution in [-0.2, 0) is 0 Å². The van der Waals surface area contributed by atoms with Crippen molar-refractivity contribution in [3.05, 3.63) is 43.0 Å². The molecule has 0 fully saturated rings. The van der Waals surface area contributed by atoms with Crippen molar-refractivity contribution >= 4 is 5.69 Å². The van der Waals surface area contributed by atoms with Crippen molar-refractivity contribution in [2.45, 2.75) is 39.2 Å². The third kappa shape index (κ3) is 3.36. The topological polar surface area (TPSA) is 29.9 Å².